The highest BCUT2D eigenvalue weighted by molar-refractivity contribution is 9.10. The fourth-order valence-electron chi connectivity index (χ4n) is 1.84. The van der Waals surface area contributed by atoms with Crippen LogP contribution >= 0.6 is 15.9 Å². The van der Waals surface area contributed by atoms with E-state index in [9.17, 15) is 5.11 Å². The maximum atomic E-state index is 9.38. The second-order valence-corrected chi connectivity index (χ2v) is 4.69. The van der Waals surface area contributed by atoms with Crippen LogP contribution in [0.4, 0.5) is 5.82 Å². The van der Waals surface area contributed by atoms with Crippen LogP contribution < -0.4 is 5.32 Å². The lowest BCUT2D eigenvalue weighted by Crippen LogP contribution is -2.28. The van der Waals surface area contributed by atoms with Crippen molar-refractivity contribution < 1.29 is 5.11 Å². The Kier molecular flexibility index (Phi) is 3.53. The van der Waals surface area contributed by atoms with Gasteiger partial charge >= 0.3 is 0 Å². The van der Waals surface area contributed by atoms with Crippen molar-refractivity contribution in [2.24, 2.45) is 0 Å². The SMILES string of the molecule is OC1CCC(Nc2cc(Br)ncn2)CC1. The lowest BCUT2D eigenvalue weighted by Gasteiger charge is -2.26. The molecule has 2 N–H and O–H groups in total. The van der Waals surface area contributed by atoms with Gasteiger partial charge in [0.05, 0.1) is 6.10 Å². The molecule has 0 atom stereocenters. The standard InChI is InChI=1S/C10H14BrN3O/c11-9-5-10(13-6-12-9)14-7-1-3-8(15)4-2-7/h5-8,15H,1-4H2,(H,12,13,14). The highest BCUT2D eigenvalue weighted by Crippen LogP contribution is 2.21. The van der Waals surface area contributed by atoms with E-state index < -0.39 is 0 Å². The molecule has 1 aromatic heterocycles. The van der Waals surface area contributed by atoms with Gasteiger partial charge < -0.3 is 10.4 Å². The maximum absolute atomic E-state index is 9.38. The summed E-state index contributed by atoms with van der Waals surface area (Å²) in [5.41, 5.74) is 0. The summed E-state index contributed by atoms with van der Waals surface area (Å²) >= 11 is 3.31. The van der Waals surface area contributed by atoms with Gasteiger partial charge in [0.2, 0.25) is 0 Å². The molecule has 0 saturated heterocycles. The average Bonchev–Trinajstić information content (AvgIpc) is 2.22. The number of aromatic nitrogens is 2. The monoisotopic (exact) mass is 271 g/mol. The fourth-order valence-corrected chi connectivity index (χ4v) is 2.15. The fraction of sp³-hybridized carbons (Fsp3) is 0.600. The molecule has 0 spiro atoms. The summed E-state index contributed by atoms with van der Waals surface area (Å²) in [5, 5.41) is 12.7. The maximum Gasteiger partial charge on any atom is 0.130 e. The van der Waals surface area contributed by atoms with Gasteiger partial charge in [0.15, 0.2) is 0 Å². The van der Waals surface area contributed by atoms with Crippen LogP contribution in [0.2, 0.25) is 0 Å². The Balaban J connectivity index is 1.92. The van der Waals surface area contributed by atoms with Crippen LogP contribution in [0, 0.1) is 0 Å². The number of hydrogen-bond donors (Lipinski definition) is 2. The lowest BCUT2D eigenvalue weighted by molar-refractivity contribution is 0.126. The Labute approximate surface area is 97.3 Å². The third-order valence-electron chi connectivity index (χ3n) is 2.68. The van der Waals surface area contributed by atoms with Gasteiger partial charge in [0, 0.05) is 12.1 Å². The van der Waals surface area contributed by atoms with Gasteiger partial charge in [-0.2, -0.15) is 0 Å². The van der Waals surface area contributed by atoms with E-state index in [0.717, 1.165) is 36.1 Å². The normalized spacial score (nSPS) is 26.3. The van der Waals surface area contributed by atoms with E-state index >= 15 is 0 Å². The molecule has 5 heteroatoms. The van der Waals surface area contributed by atoms with Crippen LogP contribution in [0.3, 0.4) is 0 Å². The number of aliphatic hydroxyl groups excluding tert-OH is 1. The van der Waals surface area contributed by atoms with Gasteiger partial charge in [0.25, 0.3) is 0 Å². The van der Waals surface area contributed by atoms with Crippen molar-refractivity contribution in [3.05, 3.63) is 17.0 Å². The minimum Gasteiger partial charge on any atom is -0.393 e. The van der Waals surface area contributed by atoms with Crippen molar-refractivity contribution in [1.82, 2.24) is 9.97 Å². The van der Waals surface area contributed by atoms with Crippen molar-refractivity contribution >= 4 is 21.7 Å². The van der Waals surface area contributed by atoms with Gasteiger partial charge in [-0.25, -0.2) is 9.97 Å². The second kappa shape index (κ2) is 4.90. The van der Waals surface area contributed by atoms with Gasteiger partial charge in [-0.15, -0.1) is 0 Å². The first-order valence-electron chi connectivity index (χ1n) is 5.16. The summed E-state index contributed by atoms with van der Waals surface area (Å²) in [7, 11) is 0. The number of aliphatic hydroxyl groups is 1. The van der Waals surface area contributed by atoms with Crippen LogP contribution in [0.5, 0.6) is 0 Å². The first-order valence-corrected chi connectivity index (χ1v) is 5.95. The largest absolute Gasteiger partial charge is 0.393 e. The Bertz CT molecular complexity index is 326. The Morgan fingerprint density at radius 2 is 2.00 bits per heavy atom. The number of nitrogens with zero attached hydrogens (tertiary/aromatic N) is 2. The molecule has 1 aliphatic rings. The topological polar surface area (TPSA) is 58.0 Å². The molecule has 15 heavy (non-hydrogen) atoms. The van der Waals surface area contributed by atoms with Crippen molar-refractivity contribution in [3.63, 3.8) is 0 Å². The molecule has 0 unspecified atom stereocenters. The lowest BCUT2D eigenvalue weighted by atomic mass is 9.93. The van der Waals surface area contributed by atoms with Crippen molar-refractivity contribution in [2.75, 3.05) is 5.32 Å². The van der Waals surface area contributed by atoms with Crippen LogP contribution in [0.15, 0.2) is 17.0 Å². The van der Waals surface area contributed by atoms with E-state index in [0.29, 0.717) is 6.04 Å². The minimum absolute atomic E-state index is 0.111. The highest BCUT2D eigenvalue weighted by atomic mass is 79.9. The molecule has 1 aliphatic carbocycles. The van der Waals surface area contributed by atoms with Gasteiger partial charge in [0.1, 0.15) is 16.7 Å². The zero-order valence-electron chi connectivity index (χ0n) is 8.36. The molecule has 1 fully saturated rings. The first kappa shape index (κ1) is 10.8. The summed E-state index contributed by atoms with van der Waals surface area (Å²) in [6.45, 7) is 0. The first-order chi connectivity index (χ1) is 7.24. The average molecular weight is 272 g/mol. The molecular weight excluding hydrogens is 258 g/mol. The quantitative estimate of drug-likeness (QED) is 0.808. The molecule has 1 aromatic rings. The van der Waals surface area contributed by atoms with E-state index in [1.165, 1.54) is 6.33 Å². The second-order valence-electron chi connectivity index (χ2n) is 3.88. The van der Waals surface area contributed by atoms with E-state index in [4.69, 9.17) is 0 Å². The van der Waals surface area contributed by atoms with Crippen LogP contribution in [0.1, 0.15) is 25.7 Å². The molecule has 0 bridgehead atoms. The smallest absolute Gasteiger partial charge is 0.130 e. The summed E-state index contributed by atoms with van der Waals surface area (Å²) in [6.07, 6.45) is 5.18. The number of halogens is 1. The van der Waals surface area contributed by atoms with E-state index in [1.54, 1.807) is 0 Å². The molecular formula is C10H14BrN3O. The zero-order chi connectivity index (χ0) is 10.7. The number of nitrogens with one attached hydrogen (secondary N) is 1. The molecule has 4 nitrogen and oxygen atoms in total. The molecule has 1 heterocycles. The highest BCUT2D eigenvalue weighted by Gasteiger charge is 2.19. The molecule has 0 radical (unpaired) electrons. The molecule has 0 aromatic carbocycles. The Morgan fingerprint density at radius 3 is 2.67 bits per heavy atom. The Morgan fingerprint density at radius 1 is 1.27 bits per heavy atom. The third kappa shape index (κ3) is 3.14. The van der Waals surface area contributed by atoms with Crippen LogP contribution in [-0.4, -0.2) is 27.2 Å². The summed E-state index contributed by atoms with van der Waals surface area (Å²) in [4.78, 5) is 8.11. The summed E-state index contributed by atoms with van der Waals surface area (Å²) < 4.78 is 0.788. The summed E-state index contributed by atoms with van der Waals surface area (Å²) in [6, 6.07) is 2.29. The molecule has 2 rings (SSSR count). The molecule has 1 saturated carbocycles. The van der Waals surface area contributed by atoms with E-state index in [1.807, 2.05) is 6.07 Å². The number of hydrogen-bond acceptors (Lipinski definition) is 4. The van der Waals surface area contributed by atoms with Gasteiger partial charge in [-0.05, 0) is 41.6 Å². The van der Waals surface area contributed by atoms with Crippen LogP contribution in [-0.2, 0) is 0 Å². The molecule has 0 aliphatic heterocycles. The van der Waals surface area contributed by atoms with Crippen LogP contribution in [0.25, 0.3) is 0 Å². The predicted octanol–water partition coefficient (Wildman–Crippen LogP) is 1.95. The summed E-state index contributed by atoms with van der Waals surface area (Å²) in [5.74, 6) is 0.846. The van der Waals surface area contributed by atoms with Gasteiger partial charge in [-0.3, -0.25) is 0 Å². The zero-order valence-corrected chi connectivity index (χ0v) is 9.94. The Hall–Kier alpha value is -0.680. The minimum atomic E-state index is -0.111. The molecule has 0 amide bonds. The number of rotatable bonds is 2. The third-order valence-corrected chi connectivity index (χ3v) is 3.12. The van der Waals surface area contributed by atoms with E-state index in [2.05, 4.69) is 31.2 Å². The van der Waals surface area contributed by atoms with Crippen molar-refractivity contribution in [1.29, 1.82) is 0 Å². The predicted molar refractivity (Wildman–Crippen MR) is 61.6 cm³/mol. The molecule has 82 valence electrons. The van der Waals surface area contributed by atoms with Crippen molar-refractivity contribution in [2.45, 2.75) is 37.8 Å². The van der Waals surface area contributed by atoms with Gasteiger partial charge in [-0.1, -0.05) is 0 Å². The van der Waals surface area contributed by atoms with E-state index in [-0.39, 0.29) is 6.10 Å². The number of anilines is 1. The van der Waals surface area contributed by atoms with Crippen molar-refractivity contribution in [3.8, 4) is 0 Å².